The minimum atomic E-state index is 0.438. The van der Waals surface area contributed by atoms with Crippen LogP contribution in [-0.2, 0) is 0 Å². The molecule has 3 rings (SSSR count). The maximum Gasteiger partial charge on any atom is 0.141 e. The van der Waals surface area contributed by atoms with Gasteiger partial charge in [0.15, 0.2) is 0 Å². The summed E-state index contributed by atoms with van der Waals surface area (Å²) in [5.41, 5.74) is 2.37. The van der Waals surface area contributed by atoms with E-state index < -0.39 is 0 Å². The molecule has 6 heteroatoms. The molecule has 1 aromatic rings. The van der Waals surface area contributed by atoms with Crippen molar-refractivity contribution in [1.29, 1.82) is 0 Å². The number of para-hydroxylation sites is 2. The van der Waals surface area contributed by atoms with Gasteiger partial charge in [-0.3, -0.25) is 0 Å². The molecular formula is C14H16N2S4. The molecule has 1 aromatic carbocycles. The second-order valence-electron chi connectivity index (χ2n) is 5.08. The Morgan fingerprint density at radius 2 is 1.30 bits per heavy atom. The van der Waals surface area contributed by atoms with Crippen molar-refractivity contribution in [2.75, 3.05) is 21.3 Å². The van der Waals surface area contributed by atoms with E-state index in [4.69, 9.17) is 24.4 Å². The van der Waals surface area contributed by atoms with E-state index in [0.29, 0.717) is 12.1 Å². The van der Waals surface area contributed by atoms with E-state index in [9.17, 15) is 0 Å². The van der Waals surface area contributed by atoms with Crippen LogP contribution in [0.4, 0.5) is 11.4 Å². The summed E-state index contributed by atoms with van der Waals surface area (Å²) in [6.45, 7) is 4.45. The van der Waals surface area contributed by atoms with Gasteiger partial charge in [-0.2, -0.15) is 0 Å². The Bertz CT molecular complexity index is 511. The first-order valence-corrected chi connectivity index (χ1v) is 9.39. The van der Waals surface area contributed by atoms with E-state index in [1.165, 1.54) is 11.4 Å². The van der Waals surface area contributed by atoms with Gasteiger partial charge in [0.2, 0.25) is 0 Å². The third-order valence-corrected chi connectivity index (χ3v) is 6.86. The third kappa shape index (κ3) is 2.47. The topological polar surface area (TPSA) is 6.48 Å². The number of hydrogen-bond donors (Lipinski definition) is 0. The van der Waals surface area contributed by atoms with E-state index in [-0.39, 0.29) is 0 Å². The van der Waals surface area contributed by atoms with Gasteiger partial charge in [0.1, 0.15) is 8.64 Å². The SMILES string of the molecule is CC1CSC(=S)N1c1ccccc1N1C(=S)SCC1C. The number of benzene rings is 1. The first kappa shape index (κ1) is 14.6. The van der Waals surface area contributed by atoms with Gasteiger partial charge >= 0.3 is 0 Å². The largest absolute Gasteiger partial charge is 0.322 e. The van der Waals surface area contributed by atoms with Crippen molar-refractivity contribution in [3.05, 3.63) is 24.3 Å². The second kappa shape index (κ2) is 5.83. The molecule has 0 bridgehead atoms. The first-order valence-electron chi connectivity index (χ1n) is 6.60. The Hall–Kier alpha value is -0.300. The maximum atomic E-state index is 5.53. The molecule has 2 heterocycles. The molecule has 0 aliphatic carbocycles. The quantitative estimate of drug-likeness (QED) is 0.741. The van der Waals surface area contributed by atoms with Crippen molar-refractivity contribution in [1.82, 2.24) is 0 Å². The molecule has 2 aliphatic heterocycles. The van der Waals surface area contributed by atoms with Crippen LogP contribution in [0, 0.1) is 0 Å². The summed E-state index contributed by atoms with van der Waals surface area (Å²) < 4.78 is 1.94. The highest BCUT2D eigenvalue weighted by molar-refractivity contribution is 8.24. The summed E-state index contributed by atoms with van der Waals surface area (Å²) in [5.74, 6) is 2.11. The highest BCUT2D eigenvalue weighted by Crippen LogP contribution is 2.40. The molecule has 2 nitrogen and oxygen atoms in total. The zero-order valence-electron chi connectivity index (χ0n) is 11.4. The molecule has 0 saturated carbocycles. The summed E-state index contributed by atoms with van der Waals surface area (Å²) >= 11 is 14.6. The van der Waals surface area contributed by atoms with Crippen molar-refractivity contribution in [2.45, 2.75) is 25.9 Å². The highest BCUT2D eigenvalue weighted by atomic mass is 32.2. The highest BCUT2D eigenvalue weighted by Gasteiger charge is 2.33. The lowest BCUT2D eigenvalue weighted by Crippen LogP contribution is -2.35. The van der Waals surface area contributed by atoms with Crippen LogP contribution < -0.4 is 9.80 Å². The lowest BCUT2D eigenvalue weighted by atomic mass is 10.2. The fourth-order valence-corrected chi connectivity index (χ4v) is 5.44. The molecule has 2 fully saturated rings. The average molecular weight is 341 g/mol. The summed E-state index contributed by atoms with van der Waals surface area (Å²) in [6.07, 6.45) is 0. The van der Waals surface area contributed by atoms with E-state index in [0.717, 1.165) is 20.1 Å². The fourth-order valence-electron chi connectivity index (χ4n) is 2.57. The van der Waals surface area contributed by atoms with Crippen molar-refractivity contribution in [3.8, 4) is 0 Å². The monoisotopic (exact) mass is 340 g/mol. The molecule has 106 valence electrons. The predicted molar refractivity (Wildman–Crippen MR) is 100 cm³/mol. The number of anilines is 2. The van der Waals surface area contributed by atoms with E-state index in [1.54, 1.807) is 23.5 Å². The number of nitrogens with zero attached hydrogens (tertiary/aromatic N) is 2. The van der Waals surface area contributed by atoms with Gasteiger partial charge < -0.3 is 9.80 Å². The van der Waals surface area contributed by atoms with Crippen LogP contribution in [0.5, 0.6) is 0 Å². The number of rotatable bonds is 2. The molecule has 0 aromatic heterocycles. The van der Waals surface area contributed by atoms with Gasteiger partial charge in [-0.25, -0.2) is 0 Å². The Morgan fingerprint density at radius 3 is 1.60 bits per heavy atom. The third-order valence-electron chi connectivity index (χ3n) is 3.57. The van der Waals surface area contributed by atoms with Crippen LogP contribution >= 0.6 is 48.0 Å². The molecule has 0 amide bonds. The molecule has 0 N–H and O–H groups in total. The molecule has 0 spiro atoms. The van der Waals surface area contributed by atoms with Crippen LogP contribution in [0.15, 0.2) is 24.3 Å². The molecule has 0 radical (unpaired) electrons. The number of thioether (sulfide) groups is 2. The van der Waals surface area contributed by atoms with Crippen LogP contribution in [-0.4, -0.2) is 32.2 Å². The fraction of sp³-hybridized carbons (Fsp3) is 0.429. The van der Waals surface area contributed by atoms with Crippen molar-refractivity contribution >= 4 is 68.0 Å². The van der Waals surface area contributed by atoms with Crippen molar-refractivity contribution in [2.24, 2.45) is 0 Å². The molecular weight excluding hydrogens is 324 g/mol. The summed E-state index contributed by atoms with van der Waals surface area (Å²) in [7, 11) is 0. The minimum absolute atomic E-state index is 0.438. The van der Waals surface area contributed by atoms with E-state index >= 15 is 0 Å². The number of hydrogen-bond acceptors (Lipinski definition) is 4. The summed E-state index contributed by atoms with van der Waals surface area (Å²) in [6, 6.07) is 9.34. The molecule has 20 heavy (non-hydrogen) atoms. The average Bonchev–Trinajstić information content (AvgIpc) is 2.93. The van der Waals surface area contributed by atoms with Gasteiger partial charge in [-0.05, 0) is 26.0 Å². The van der Waals surface area contributed by atoms with E-state index in [2.05, 4.69) is 47.9 Å². The molecule has 2 saturated heterocycles. The van der Waals surface area contributed by atoms with E-state index in [1.807, 2.05) is 0 Å². The Balaban J connectivity index is 2.04. The van der Waals surface area contributed by atoms with Crippen molar-refractivity contribution in [3.63, 3.8) is 0 Å². The predicted octanol–water partition coefficient (Wildman–Crippen LogP) is 4.14. The number of thiocarbonyl (C=S) groups is 2. The normalized spacial score (nSPS) is 26.7. The second-order valence-corrected chi connectivity index (χ2v) is 8.39. The zero-order valence-corrected chi connectivity index (χ0v) is 14.7. The van der Waals surface area contributed by atoms with Gasteiger partial charge in [-0.1, -0.05) is 60.1 Å². The Kier molecular flexibility index (Phi) is 4.26. The van der Waals surface area contributed by atoms with Gasteiger partial charge in [0, 0.05) is 23.6 Å². The minimum Gasteiger partial charge on any atom is -0.322 e. The Morgan fingerprint density at radius 1 is 0.900 bits per heavy atom. The van der Waals surface area contributed by atoms with Gasteiger partial charge in [0.05, 0.1) is 11.4 Å². The summed E-state index contributed by atoms with van der Waals surface area (Å²) in [5, 5.41) is 0. The van der Waals surface area contributed by atoms with Crippen LogP contribution in [0.2, 0.25) is 0 Å². The first-order chi connectivity index (χ1) is 9.59. The van der Waals surface area contributed by atoms with Crippen LogP contribution in [0.3, 0.4) is 0 Å². The lowest BCUT2D eigenvalue weighted by molar-refractivity contribution is 0.822. The standard InChI is InChI=1S/C14H16N2S4/c1-9-7-19-13(17)15(9)11-5-3-4-6-12(11)16-10(2)8-20-14(16)18/h3-6,9-10H,7-8H2,1-2H3. The van der Waals surface area contributed by atoms with Crippen LogP contribution in [0.25, 0.3) is 0 Å². The van der Waals surface area contributed by atoms with Crippen molar-refractivity contribution < 1.29 is 0 Å². The van der Waals surface area contributed by atoms with Crippen LogP contribution in [0.1, 0.15) is 13.8 Å². The molecule has 2 aliphatic rings. The Labute approximate surface area is 139 Å². The smallest absolute Gasteiger partial charge is 0.141 e. The molecule has 2 unspecified atom stereocenters. The lowest BCUT2D eigenvalue weighted by Gasteiger charge is -2.31. The van der Waals surface area contributed by atoms with Gasteiger partial charge in [-0.15, -0.1) is 0 Å². The molecule has 2 atom stereocenters. The summed E-state index contributed by atoms with van der Waals surface area (Å²) in [4.78, 5) is 4.54. The zero-order chi connectivity index (χ0) is 14.3. The van der Waals surface area contributed by atoms with Gasteiger partial charge in [0.25, 0.3) is 0 Å². The maximum absolute atomic E-state index is 5.53.